The summed E-state index contributed by atoms with van der Waals surface area (Å²) in [5.41, 5.74) is 0.206. The molecule has 2 fully saturated rings. The van der Waals surface area contributed by atoms with Crippen molar-refractivity contribution in [3.63, 3.8) is 0 Å². The van der Waals surface area contributed by atoms with E-state index in [4.69, 9.17) is 4.74 Å². The van der Waals surface area contributed by atoms with Crippen molar-refractivity contribution in [1.82, 2.24) is 29.5 Å². The summed E-state index contributed by atoms with van der Waals surface area (Å²) >= 11 is 1.16. The summed E-state index contributed by atoms with van der Waals surface area (Å²) in [7, 11) is -3.03. The zero-order valence-electron chi connectivity index (χ0n) is 21.7. The largest absolute Gasteiger partial charge is 0.477 e. The predicted molar refractivity (Wildman–Crippen MR) is 141 cm³/mol. The van der Waals surface area contributed by atoms with E-state index in [1.807, 2.05) is 4.72 Å². The van der Waals surface area contributed by atoms with Crippen LogP contribution in [-0.4, -0.2) is 107 Å². The zero-order chi connectivity index (χ0) is 30.1. The Morgan fingerprint density at radius 1 is 1.15 bits per heavy atom. The van der Waals surface area contributed by atoms with E-state index in [0.29, 0.717) is 14.8 Å². The number of carboxylic acid groups (broad SMARTS) is 1. The minimum absolute atomic E-state index is 0.123. The van der Waals surface area contributed by atoms with E-state index in [1.165, 1.54) is 19.1 Å². The first-order valence-electron chi connectivity index (χ1n) is 12.1. The van der Waals surface area contributed by atoms with Gasteiger partial charge in [0, 0.05) is 25.3 Å². The Morgan fingerprint density at radius 2 is 1.83 bits per heavy atom. The maximum Gasteiger partial charge on any atom is 0.352 e. The Bertz CT molecular complexity index is 1430. The summed E-state index contributed by atoms with van der Waals surface area (Å²) in [5.74, 6) is -3.42. The molecule has 18 heteroatoms. The molecule has 16 nitrogen and oxygen atoms in total. The van der Waals surface area contributed by atoms with E-state index in [9.17, 15) is 42.3 Å². The lowest BCUT2D eigenvalue weighted by atomic mass is 10.0. The molecule has 0 radical (unpaired) electrons. The number of aliphatic carboxylic acids is 1. The number of β-lactam (4-membered cyclic amide) rings is 1. The number of benzene rings is 1. The molecule has 0 aliphatic carbocycles. The molecule has 0 aromatic heterocycles. The maximum atomic E-state index is 13.4. The van der Waals surface area contributed by atoms with Crippen molar-refractivity contribution in [1.29, 1.82) is 0 Å². The molecule has 3 heterocycles. The zero-order valence-corrected chi connectivity index (χ0v) is 23.4. The van der Waals surface area contributed by atoms with Crippen molar-refractivity contribution in [3.8, 4) is 0 Å². The Kier molecular flexibility index (Phi) is 8.55. The van der Waals surface area contributed by atoms with Gasteiger partial charge in [0.25, 0.3) is 5.91 Å². The molecule has 3 aliphatic heterocycles. The van der Waals surface area contributed by atoms with Gasteiger partial charge in [-0.1, -0.05) is 30.3 Å². The van der Waals surface area contributed by atoms with E-state index in [2.05, 4.69) is 10.6 Å². The number of carboxylic acids is 1. The third-order valence-corrected chi connectivity index (χ3v) is 9.20. The number of amides is 6. The number of imide groups is 1. The van der Waals surface area contributed by atoms with Crippen molar-refractivity contribution in [2.75, 3.05) is 32.5 Å². The summed E-state index contributed by atoms with van der Waals surface area (Å²) in [4.78, 5) is 76.8. The van der Waals surface area contributed by atoms with E-state index in [1.54, 1.807) is 18.2 Å². The predicted octanol–water partition coefficient (Wildman–Crippen LogP) is -1.06. The number of carbonyl (C=O) groups is 6. The third-order valence-electron chi connectivity index (χ3n) is 6.42. The van der Waals surface area contributed by atoms with Crippen LogP contribution in [0.2, 0.25) is 0 Å². The van der Waals surface area contributed by atoms with Gasteiger partial charge >= 0.3 is 34.2 Å². The first-order valence-corrected chi connectivity index (χ1v) is 14.6. The molecule has 2 unspecified atom stereocenters. The molecular weight excluding hydrogens is 584 g/mol. The number of fused-ring (bicyclic) bond motifs is 1. The van der Waals surface area contributed by atoms with Crippen molar-refractivity contribution >= 4 is 57.8 Å². The van der Waals surface area contributed by atoms with Gasteiger partial charge in [0.05, 0.1) is 13.1 Å². The molecule has 0 saturated carbocycles. The molecule has 0 bridgehead atoms. The van der Waals surface area contributed by atoms with Crippen LogP contribution >= 0.6 is 11.8 Å². The number of ether oxygens (including phenoxy) is 1. The van der Waals surface area contributed by atoms with Crippen LogP contribution in [0.25, 0.3) is 0 Å². The van der Waals surface area contributed by atoms with Crippen molar-refractivity contribution in [3.05, 3.63) is 47.2 Å². The SMILES string of the molecule is CNS(=O)(=O)N1CCN(C(=O)NC(C(=O)NC2C(=O)N3C(C(=O)O)=C(COC(C)=O)CS[C@@H]23)c2ccccc2)C1=O. The number of nitrogens with zero attached hydrogens (tertiary/aromatic N) is 3. The van der Waals surface area contributed by atoms with Crippen molar-refractivity contribution in [2.24, 2.45) is 0 Å². The Hall–Kier alpha value is -4.16. The number of esters is 1. The summed E-state index contributed by atoms with van der Waals surface area (Å²) in [6, 6.07) is 3.27. The highest BCUT2D eigenvalue weighted by Crippen LogP contribution is 2.40. The molecule has 2 saturated heterocycles. The fourth-order valence-corrected chi connectivity index (χ4v) is 6.58. The number of nitrogens with one attached hydrogen (secondary N) is 3. The van der Waals surface area contributed by atoms with Crippen LogP contribution in [0.5, 0.6) is 0 Å². The molecule has 41 heavy (non-hydrogen) atoms. The van der Waals surface area contributed by atoms with Gasteiger partial charge in [0.1, 0.15) is 29.8 Å². The Labute approximate surface area is 238 Å². The van der Waals surface area contributed by atoms with Gasteiger partial charge in [-0.3, -0.25) is 19.3 Å². The van der Waals surface area contributed by atoms with Crippen LogP contribution < -0.4 is 15.4 Å². The van der Waals surface area contributed by atoms with Gasteiger partial charge < -0.3 is 20.5 Å². The molecule has 0 spiro atoms. The lowest BCUT2D eigenvalue weighted by molar-refractivity contribution is -0.151. The summed E-state index contributed by atoms with van der Waals surface area (Å²) in [6.45, 7) is 0.315. The first kappa shape index (κ1) is 29.8. The van der Waals surface area contributed by atoms with E-state index < -0.39 is 63.5 Å². The average Bonchev–Trinajstić information content (AvgIpc) is 3.35. The second kappa shape index (κ2) is 11.8. The molecule has 3 atom stereocenters. The molecule has 4 N–H and O–H groups in total. The van der Waals surface area contributed by atoms with Crippen molar-refractivity contribution < 1.29 is 47.0 Å². The smallest absolute Gasteiger partial charge is 0.352 e. The molecule has 1 aromatic rings. The van der Waals surface area contributed by atoms with Gasteiger partial charge in [-0.05, 0) is 5.56 Å². The second-order valence-electron chi connectivity index (χ2n) is 8.94. The molecule has 220 valence electrons. The monoisotopic (exact) mass is 610 g/mol. The standard InChI is InChI=1S/C23H26N6O10S2/c1-12(30)39-10-14-11-40-20-16(19(32)29(20)17(14)21(33)34)25-18(31)15(13-6-4-3-5-7-13)26-22(35)27-8-9-28(23(27)36)41(37,38)24-2/h3-7,15-16,20,24H,8-11H2,1-2H3,(H,25,31)(H,26,35)(H,33,34)/t15?,16?,20-/m0/s1. The third kappa shape index (κ3) is 5.84. The van der Waals surface area contributed by atoms with Gasteiger partial charge in [0.15, 0.2) is 0 Å². The number of thioether (sulfide) groups is 1. The minimum atomic E-state index is -4.14. The van der Waals surface area contributed by atoms with Crippen molar-refractivity contribution in [2.45, 2.75) is 24.4 Å². The molecule has 4 rings (SSSR count). The number of rotatable bonds is 9. The summed E-state index contributed by atoms with van der Waals surface area (Å²) < 4.78 is 31.5. The number of urea groups is 2. The highest BCUT2D eigenvalue weighted by molar-refractivity contribution is 8.00. The highest BCUT2D eigenvalue weighted by atomic mass is 32.2. The second-order valence-corrected chi connectivity index (χ2v) is 11.8. The molecular formula is C23H26N6O10S2. The molecule has 1 aromatic carbocycles. The fourth-order valence-electron chi connectivity index (χ4n) is 4.41. The number of hydrogen-bond donors (Lipinski definition) is 4. The number of hydrogen-bond acceptors (Lipinski definition) is 10. The van der Waals surface area contributed by atoms with Gasteiger partial charge in [-0.15, -0.1) is 11.8 Å². The molecule has 6 amide bonds. The van der Waals surface area contributed by atoms with Gasteiger partial charge in [-0.25, -0.2) is 28.3 Å². The topological polar surface area (TPSA) is 212 Å². The minimum Gasteiger partial charge on any atom is -0.477 e. The highest BCUT2D eigenvalue weighted by Gasteiger charge is 2.54. The quantitative estimate of drug-likeness (QED) is 0.195. The lowest BCUT2D eigenvalue weighted by Gasteiger charge is -2.49. The Morgan fingerprint density at radius 3 is 2.44 bits per heavy atom. The van der Waals surface area contributed by atoms with Crippen LogP contribution in [0.3, 0.4) is 0 Å². The van der Waals surface area contributed by atoms with Crippen LogP contribution in [-0.2, 0) is 34.1 Å². The van der Waals surface area contributed by atoms with Crippen LogP contribution in [0, 0.1) is 0 Å². The van der Waals surface area contributed by atoms with Crippen LogP contribution in [0.15, 0.2) is 41.6 Å². The van der Waals surface area contributed by atoms with Crippen LogP contribution in [0.4, 0.5) is 9.59 Å². The van der Waals surface area contributed by atoms with E-state index in [0.717, 1.165) is 23.7 Å². The average molecular weight is 611 g/mol. The van der Waals surface area contributed by atoms with E-state index in [-0.39, 0.29) is 36.7 Å². The van der Waals surface area contributed by atoms with Crippen LogP contribution in [0.1, 0.15) is 18.5 Å². The normalized spacial score (nSPS) is 21.2. The molecule has 3 aliphatic rings. The summed E-state index contributed by atoms with van der Waals surface area (Å²) in [6.07, 6.45) is 0. The lowest BCUT2D eigenvalue weighted by Crippen LogP contribution is -2.71. The summed E-state index contributed by atoms with van der Waals surface area (Å²) in [5, 5.41) is 13.9. The first-order chi connectivity index (χ1) is 19.4. The Balaban J connectivity index is 1.51. The van der Waals surface area contributed by atoms with Gasteiger partial charge in [0.2, 0.25) is 5.91 Å². The van der Waals surface area contributed by atoms with E-state index >= 15 is 0 Å². The fraction of sp³-hybridized carbons (Fsp3) is 0.391. The van der Waals surface area contributed by atoms with Gasteiger partial charge in [-0.2, -0.15) is 8.42 Å². The number of carbonyl (C=O) groups excluding carboxylic acids is 5. The maximum absolute atomic E-state index is 13.4.